The van der Waals surface area contributed by atoms with Crippen LogP contribution in [0.15, 0.2) is 29.6 Å². The Morgan fingerprint density at radius 3 is 2.71 bits per heavy atom. The predicted molar refractivity (Wildman–Crippen MR) is 70.1 cm³/mol. The Kier molecular flexibility index (Phi) is 2.33. The quantitative estimate of drug-likeness (QED) is 0.754. The fourth-order valence-electron chi connectivity index (χ4n) is 1.72. The van der Waals surface area contributed by atoms with Crippen LogP contribution in [0.5, 0.6) is 0 Å². The molecule has 0 aliphatic rings. The number of hydrogen-bond acceptors (Lipinski definition) is 4. The molecule has 0 fully saturated rings. The number of nitrogens with two attached hydrogens (primary N) is 1. The lowest BCUT2D eigenvalue weighted by molar-refractivity contribution is 0.993. The summed E-state index contributed by atoms with van der Waals surface area (Å²) in [6.07, 6.45) is 1.04. The van der Waals surface area contributed by atoms with Gasteiger partial charge in [-0.3, -0.25) is 0 Å². The summed E-state index contributed by atoms with van der Waals surface area (Å²) in [4.78, 5) is 5.28. The first kappa shape index (κ1) is 10.3. The highest BCUT2D eigenvalue weighted by Crippen LogP contribution is 2.21. The molecule has 0 saturated carbocycles. The number of hydrogen-bond donors (Lipinski definition) is 1. The van der Waals surface area contributed by atoms with Crippen molar-refractivity contribution in [2.24, 2.45) is 0 Å². The first-order chi connectivity index (χ1) is 8.28. The van der Waals surface area contributed by atoms with Crippen molar-refractivity contribution < 1.29 is 0 Å². The third-order valence-electron chi connectivity index (χ3n) is 2.73. The van der Waals surface area contributed by atoms with Gasteiger partial charge in [0.1, 0.15) is 5.82 Å². The molecule has 4 nitrogen and oxygen atoms in total. The molecule has 0 amide bonds. The van der Waals surface area contributed by atoms with Crippen LogP contribution >= 0.6 is 11.3 Å². The first-order valence-electron chi connectivity index (χ1n) is 5.47. The van der Waals surface area contributed by atoms with Crippen molar-refractivity contribution in [2.75, 3.05) is 5.73 Å². The van der Waals surface area contributed by atoms with Gasteiger partial charge in [-0.2, -0.15) is 9.50 Å². The van der Waals surface area contributed by atoms with E-state index in [1.807, 2.05) is 5.38 Å². The molecule has 86 valence electrons. The second-order valence-corrected chi connectivity index (χ2v) is 4.68. The molecular weight excluding hydrogens is 232 g/mol. The molecule has 0 saturated heterocycles. The second-order valence-electron chi connectivity index (χ2n) is 3.84. The Morgan fingerprint density at radius 2 is 2.06 bits per heavy atom. The average Bonchev–Trinajstić information content (AvgIpc) is 2.92. The van der Waals surface area contributed by atoms with Gasteiger partial charge in [0.25, 0.3) is 0 Å². The highest BCUT2D eigenvalue weighted by Gasteiger charge is 2.09. The SMILES string of the molecule is CCc1ccc(-c2nc3scc(N)n3n2)cc1. The van der Waals surface area contributed by atoms with Crippen LogP contribution in [0, 0.1) is 0 Å². The topological polar surface area (TPSA) is 56.2 Å². The number of aryl methyl sites for hydroxylation is 1. The van der Waals surface area contributed by atoms with Gasteiger partial charge in [-0.1, -0.05) is 31.2 Å². The minimum atomic E-state index is 0.633. The lowest BCUT2D eigenvalue weighted by Crippen LogP contribution is -1.92. The predicted octanol–water partition coefficient (Wildman–Crippen LogP) is 2.60. The van der Waals surface area contributed by atoms with Crippen molar-refractivity contribution in [3.63, 3.8) is 0 Å². The minimum absolute atomic E-state index is 0.633. The van der Waals surface area contributed by atoms with Crippen LogP contribution in [-0.2, 0) is 6.42 Å². The van der Waals surface area contributed by atoms with Crippen LogP contribution in [0.3, 0.4) is 0 Å². The molecule has 2 N–H and O–H groups in total. The van der Waals surface area contributed by atoms with E-state index in [-0.39, 0.29) is 0 Å². The van der Waals surface area contributed by atoms with E-state index < -0.39 is 0 Å². The summed E-state index contributed by atoms with van der Waals surface area (Å²) >= 11 is 1.50. The highest BCUT2D eigenvalue weighted by molar-refractivity contribution is 7.15. The Morgan fingerprint density at radius 1 is 1.29 bits per heavy atom. The summed E-state index contributed by atoms with van der Waals surface area (Å²) < 4.78 is 1.67. The van der Waals surface area contributed by atoms with Crippen LogP contribution in [0.4, 0.5) is 5.82 Å². The van der Waals surface area contributed by atoms with Crippen molar-refractivity contribution in [3.05, 3.63) is 35.2 Å². The number of aromatic nitrogens is 3. The van der Waals surface area contributed by atoms with Crippen molar-refractivity contribution in [1.82, 2.24) is 14.6 Å². The maximum absolute atomic E-state index is 5.78. The number of benzene rings is 1. The van der Waals surface area contributed by atoms with Crippen LogP contribution in [0.1, 0.15) is 12.5 Å². The third-order valence-corrected chi connectivity index (χ3v) is 3.56. The average molecular weight is 244 g/mol. The fraction of sp³-hybridized carbons (Fsp3) is 0.167. The molecule has 3 rings (SSSR count). The summed E-state index contributed by atoms with van der Waals surface area (Å²) in [5.41, 5.74) is 8.12. The zero-order valence-electron chi connectivity index (χ0n) is 9.42. The third kappa shape index (κ3) is 1.68. The molecule has 2 aromatic heterocycles. The van der Waals surface area contributed by atoms with Crippen molar-refractivity contribution in [1.29, 1.82) is 0 Å². The van der Waals surface area contributed by atoms with E-state index in [9.17, 15) is 0 Å². The molecule has 0 aliphatic heterocycles. The Labute approximate surface area is 103 Å². The molecule has 1 aromatic carbocycles. The van der Waals surface area contributed by atoms with E-state index in [0.29, 0.717) is 5.82 Å². The van der Waals surface area contributed by atoms with Crippen LogP contribution in [0.25, 0.3) is 16.3 Å². The molecule has 5 heteroatoms. The summed E-state index contributed by atoms with van der Waals surface area (Å²) in [7, 11) is 0. The van der Waals surface area contributed by atoms with E-state index in [1.54, 1.807) is 4.52 Å². The van der Waals surface area contributed by atoms with E-state index in [1.165, 1.54) is 16.9 Å². The van der Waals surface area contributed by atoms with Gasteiger partial charge in [-0.25, -0.2) is 0 Å². The summed E-state index contributed by atoms with van der Waals surface area (Å²) in [5, 5.41) is 6.24. The number of fused-ring (bicyclic) bond motifs is 1. The lowest BCUT2D eigenvalue weighted by atomic mass is 10.1. The molecule has 3 aromatic rings. The van der Waals surface area contributed by atoms with Gasteiger partial charge >= 0.3 is 0 Å². The van der Waals surface area contributed by atoms with E-state index in [0.717, 1.165) is 22.8 Å². The van der Waals surface area contributed by atoms with Gasteiger partial charge in [-0.05, 0) is 12.0 Å². The minimum Gasteiger partial charge on any atom is -0.383 e. The summed E-state index contributed by atoms with van der Waals surface area (Å²) in [5.74, 6) is 1.36. The van der Waals surface area contributed by atoms with Crippen molar-refractivity contribution in [3.8, 4) is 11.4 Å². The lowest BCUT2D eigenvalue weighted by Gasteiger charge is -1.97. The number of thiazole rings is 1. The van der Waals surface area contributed by atoms with E-state index >= 15 is 0 Å². The van der Waals surface area contributed by atoms with Gasteiger partial charge in [0.2, 0.25) is 4.96 Å². The van der Waals surface area contributed by atoms with Gasteiger partial charge < -0.3 is 5.73 Å². The van der Waals surface area contributed by atoms with Gasteiger partial charge in [0.05, 0.1) is 0 Å². The van der Waals surface area contributed by atoms with Crippen LogP contribution < -0.4 is 5.73 Å². The molecular formula is C12H12N4S. The van der Waals surface area contributed by atoms with Gasteiger partial charge in [0, 0.05) is 10.9 Å². The fourth-order valence-corrected chi connectivity index (χ4v) is 2.43. The smallest absolute Gasteiger partial charge is 0.214 e. The molecule has 17 heavy (non-hydrogen) atoms. The Hall–Kier alpha value is -1.88. The van der Waals surface area contributed by atoms with Crippen LogP contribution in [-0.4, -0.2) is 14.6 Å². The molecule has 0 atom stereocenters. The largest absolute Gasteiger partial charge is 0.383 e. The van der Waals surface area contributed by atoms with Crippen LogP contribution in [0.2, 0.25) is 0 Å². The van der Waals surface area contributed by atoms with Crippen molar-refractivity contribution in [2.45, 2.75) is 13.3 Å². The molecule has 2 heterocycles. The summed E-state index contributed by atoms with van der Waals surface area (Å²) in [6, 6.07) is 8.31. The van der Waals surface area contributed by atoms with E-state index in [4.69, 9.17) is 5.73 Å². The normalized spacial score (nSPS) is 11.1. The van der Waals surface area contributed by atoms with Gasteiger partial charge in [0.15, 0.2) is 5.82 Å². The maximum atomic E-state index is 5.78. The molecule has 0 spiro atoms. The maximum Gasteiger partial charge on any atom is 0.214 e. The number of anilines is 1. The zero-order valence-corrected chi connectivity index (χ0v) is 10.2. The number of nitrogens with zero attached hydrogens (tertiary/aromatic N) is 3. The highest BCUT2D eigenvalue weighted by atomic mass is 32.1. The van der Waals surface area contributed by atoms with E-state index in [2.05, 4.69) is 41.3 Å². The molecule has 0 bridgehead atoms. The number of nitrogen functional groups attached to an aromatic ring is 1. The number of rotatable bonds is 2. The van der Waals surface area contributed by atoms with Gasteiger partial charge in [-0.15, -0.1) is 16.4 Å². The Bertz CT molecular complexity index is 651. The molecule has 0 unspecified atom stereocenters. The second kappa shape index (κ2) is 3.85. The standard InChI is InChI=1S/C12H12N4S/c1-2-8-3-5-9(6-4-8)11-14-12-16(15-11)10(13)7-17-12/h3-7H,2,13H2,1H3. The Balaban J connectivity index is 2.07. The first-order valence-corrected chi connectivity index (χ1v) is 6.35. The monoisotopic (exact) mass is 244 g/mol. The zero-order chi connectivity index (χ0) is 11.8. The summed E-state index contributed by atoms with van der Waals surface area (Å²) in [6.45, 7) is 2.14. The van der Waals surface area contributed by atoms with Crippen molar-refractivity contribution >= 4 is 22.1 Å². The molecule has 0 aliphatic carbocycles. The molecule has 0 radical (unpaired) electrons.